The van der Waals surface area contributed by atoms with E-state index in [1.54, 1.807) is 20.8 Å². The van der Waals surface area contributed by atoms with Gasteiger partial charge in [-0.2, -0.15) is 4.89 Å². The van der Waals surface area contributed by atoms with E-state index in [2.05, 4.69) is 11.8 Å². The summed E-state index contributed by atoms with van der Waals surface area (Å²) in [6.07, 6.45) is 4.26. The van der Waals surface area contributed by atoms with Crippen LogP contribution in [-0.2, 0) is 14.5 Å². The Hall–Kier alpha value is -0.770. The molecule has 17 heavy (non-hydrogen) atoms. The number of carbonyl (C=O) groups excluding carboxylic acids is 1. The Morgan fingerprint density at radius 3 is 2.29 bits per heavy atom. The highest BCUT2D eigenvalue weighted by atomic mass is 17.2. The zero-order chi connectivity index (χ0) is 13.3. The largest absolute Gasteiger partial charge is 0.540 e. The number of ether oxygens (including phenoxy) is 1. The Labute approximate surface area is 105 Å². The summed E-state index contributed by atoms with van der Waals surface area (Å²) < 4.78 is 5.16. The van der Waals surface area contributed by atoms with E-state index in [9.17, 15) is 4.79 Å². The van der Waals surface area contributed by atoms with Crippen molar-refractivity contribution in [3.05, 3.63) is 0 Å². The summed E-state index contributed by atoms with van der Waals surface area (Å²) in [5.74, 6) is 0. The predicted octanol–water partition coefficient (Wildman–Crippen LogP) is 4.23. The van der Waals surface area contributed by atoms with Gasteiger partial charge >= 0.3 is 6.16 Å². The minimum absolute atomic E-state index is 0.0716. The minimum atomic E-state index is -0.747. The molecule has 0 aliphatic heterocycles. The molecule has 0 fully saturated rings. The van der Waals surface area contributed by atoms with Crippen molar-refractivity contribution < 1.29 is 19.3 Å². The number of unbranched alkanes of at least 4 members (excludes halogenated alkanes) is 2. The van der Waals surface area contributed by atoms with Crippen LogP contribution >= 0.6 is 0 Å². The average molecular weight is 246 g/mol. The van der Waals surface area contributed by atoms with E-state index in [0.29, 0.717) is 0 Å². The second kappa shape index (κ2) is 8.34. The molecule has 102 valence electrons. The molecule has 0 aliphatic carbocycles. The molecular weight excluding hydrogens is 220 g/mol. The van der Waals surface area contributed by atoms with Crippen LogP contribution in [0.25, 0.3) is 0 Å². The van der Waals surface area contributed by atoms with Gasteiger partial charge in [-0.1, -0.05) is 26.7 Å². The van der Waals surface area contributed by atoms with E-state index in [0.717, 1.165) is 32.1 Å². The van der Waals surface area contributed by atoms with Gasteiger partial charge in [-0.15, -0.1) is 0 Å². The van der Waals surface area contributed by atoms with E-state index in [-0.39, 0.29) is 6.10 Å². The molecule has 0 amide bonds. The van der Waals surface area contributed by atoms with Gasteiger partial charge in [0.25, 0.3) is 0 Å². The highest BCUT2D eigenvalue weighted by molar-refractivity contribution is 5.59. The van der Waals surface area contributed by atoms with E-state index in [1.165, 1.54) is 0 Å². The van der Waals surface area contributed by atoms with Gasteiger partial charge in [-0.05, 0) is 40.0 Å². The fourth-order valence-electron chi connectivity index (χ4n) is 1.28. The molecule has 4 nitrogen and oxygen atoms in total. The quantitative estimate of drug-likeness (QED) is 0.292. The Morgan fingerprint density at radius 1 is 1.18 bits per heavy atom. The predicted molar refractivity (Wildman–Crippen MR) is 66.6 cm³/mol. The van der Waals surface area contributed by atoms with Crippen LogP contribution in [0.5, 0.6) is 0 Å². The van der Waals surface area contributed by atoms with Crippen LogP contribution in [0, 0.1) is 0 Å². The molecule has 0 radical (unpaired) electrons. The van der Waals surface area contributed by atoms with E-state index < -0.39 is 11.8 Å². The molecule has 0 aromatic heterocycles. The second-order valence-electron chi connectivity index (χ2n) is 5.17. The third-order valence-corrected chi connectivity index (χ3v) is 2.21. The summed E-state index contributed by atoms with van der Waals surface area (Å²) in [4.78, 5) is 20.8. The van der Waals surface area contributed by atoms with Crippen LogP contribution in [0.15, 0.2) is 0 Å². The van der Waals surface area contributed by atoms with Gasteiger partial charge in [0.1, 0.15) is 11.7 Å². The number of hydrogen-bond donors (Lipinski definition) is 0. The molecule has 0 spiro atoms. The molecule has 0 aromatic rings. The van der Waals surface area contributed by atoms with Crippen LogP contribution in [0.3, 0.4) is 0 Å². The molecule has 0 saturated carbocycles. The molecule has 0 saturated heterocycles. The molecule has 0 bridgehead atoms. The summed E-state index contributed by atoms with van der Waals surface area (Å²) >= 11 is 0. The summed E-state index contributed by atoms with van der Waals surface area (Å²) in [5.41, 5.74) is -0.511. The lowest BCUT2D eigenvalue weighted by Crippen LogP contribution is -2.24. The first-order valence-electron chi connectivity index (χ1n) is 6.45. The lowest BCUT2D eigenvalue weighted by Gasteiger charge is -2.19. The van der Waals surface area contributed by atoms with Gasteiger partial charge in [0.2, 0.25) is 0 Å². The highest BCUT2D eigenvalue weighted by Crippen LogP contribution is 2.13. The summed E-state index contributed by atoms with van der Waals surface area (Å²) in [5, 5.41) is 0. The zero-order valence-electron chi connectivity index (χ0n) is 11.7. The molecule has 4 heteroatoms. The molecule has 1 atom stereocenters. The van der Waals surface area contributed by atoms with Gasteiger partial charge in [0.05, 0.1) is 0 Å². The normalized spacial score (nSPS) is 13.2. The van der Waals surface area contributed by atoms with Crippen molar-refractivity contribution in [2.75, 3.05) is 0 Å². The van der Waals surface area contributed by atoms with Gasteiger partial charge < -0.3 is 4.74 Å². The van der Waals surface area contributed by atoms with Crippen molar-refractivity contribution in [3.63, 3.8) is 0 Å². The smallest absolute Gasteiger partial charge is 0.429 e. The highest BCUT2D eigenvalue weighted by Gasteiger charge is 2.18. The SMILES string of the molecule is CCCCCC(CC)OC(=O)OOC(C)(C)C. The van der Waals surface area contributed by atoms with Gasteiger partial charge in [0.15, 0.2) is 0 Å². The van der Waals surface area contributed by atoms with Crippen molar-refractivity contribution in [2.45, 2.75) is 78.4 Å². The Kier molecular flexibility index (Phi) is 7.96. The van der Waals surface area contributed by atoms with Crippen LogP contribution in [-0.4, -0.2) is 17.9 Å². The lowest BCUT2D eigenvalue weighted by atomic mass is 10.1. The van der Waals surface area contributed by atoms with Crippen molar-refractivity contribution in [2.24, 2.45) is 0 Å². The van der Waals surface area contributed by atoms with Gasteiger partial charge in [-0.25, -0.2) is 4.79 Å². The van der Waals surface area contributed by atoms with Gasteiger partial charge in [-0.3, -0.25) is 4.89 Å². The van der Waals surface area contributed by atoms with Crippen LogP contribution < -0.4 is 0 Å². The van der Waals surface area contributed by atoms with E-state index in [4.69, 9.17) is 9.62 Å². The topological polar surface area (TPSA) is 44.8 Å². The monoisotopic (exact) mass is 246 g/mol. The summed E-state index contributed by atoms with van der Waals surface area (Å²) in [7, 11) is 0. The maximum absolute atomic E-state index is 11.3. The standard InChI is InChI=1S/C13H26O4/c1-6-8-9-10-11(7-2)15-12(14)16-17-13(3,4)5/h11H,6-10H2,1-5H3. The van der Waals surface area contributed by atoms with Gasteiger partial charge in [0, 0.05) is 0 Å². The zero-order valence-corrected chi connectivity index (χ0v) is 11.7. The maximum Gasteiger partial charge on any atom is 0.540 e. The second-order valence-corrected chi connectivity index (χ2v) is 5.17. The molecule has 0 aliphatic rings. The van der Waals surface area contributed by atoms with Crippen LogP contribution in [0.2, 0.25) is 0 Å². The first-order valence-corrected chi connectivity index (χ1v) is 6.45. The van der Waals surface area contributed by atoms with Crippen molar-refractivity contribution in [3.8, 4) is 0 Å². The van der Waals surface area contributed by atoms with Crippen molar-refractivity contribution >= 4 is 6.16 Å². The van der Waals surface area contributed by atoms with Crippen molar-refractivity contribution in [1.29, 1.82) is 0 Å². The van der Waals surface area contributed by atoms with Crippen LogP contribution in [0.1, 0.15) is 66.7 Å². The fraction of sp³-hybridized carbons (Fsp3) is 0.923. The fourth-order valence-corrected chi connectivity index (χ4v) is 1.28. The van der Waals surface area contributed by atoms with E-state index >= 15 is 0 Å². The van der Waals surface area contributed by atoms with E-state index in [1.807, 2.05) is 6.92 Å². The molecule has 0 rings (SSSR count). The third-order valence-electron chi connectivity index (χ3n) is 2.21. The Bertz CT molecular complexity index is 208. The molecule has 1 unspecified atom stereocenters. The maximum atomic E-state index is 11.3. The first kappa shape index (κ1) is 16.2. The Morgan fingerprint density at radius 2 is 1.82 bits per heavy atom. The summed E-state index contributed by atoms with van der Waals surface area (Å²) in [6, 6.07) is 0. The lowest BCUT2D eigenvalue weighted by molar-refractivity contribution is -0.314. The molecule has 0 N–H and O–H groups in total. The number of rotatable bonds is 7. The number of hydrogen-bond acceptors (Lipinski definition) is 4. The average Bonchev–Trinajstić information content (AvgIpc) is 2.24. The molecule has 0 heterocycles. The van der Waals surface area contributed by atoms with Crippen LogP contribution in [0.4, 0.5) is 4.79 Å². The molecule has 0 aromatic carbocycles. The molecular formula is C13H26O4. The number of carbonyl (C=O) groups is 1. The summed E-state index contributed by atoms with van der Waals surface area (Å²) in [6.45, 7) is 9.55. The Balaban J connectivity index is 3.82. The minimum Gasteiger partial charge on any atom is -0.429 e. The third kappa shape index (κ3) is 10.1. The first-order chi connectivity index (χ1) is 7.89. The van der Waals surface area contributed by atoms with Crippen molar-refractivity contribution in [1.82, 2.24) is 0 Å².